The molecule has 0 aromatic carbocycles. The van der Waals surface area contributed by atoms with Crippen LogP contribution in [0.4, 0.5) is 0 Å². The number of nitrogens with one attached hydrogen (secondary N) is 1. The van der Waals surface area contributed by atoms with E-state index in [1.54, 1.807) is 6.92 Å². The van der Waals surface area contributed by atoms with E-state index in [2.05, 4.69) is 5.10 Å². The topological polar surface area (TPSA) is 75.1 Å². The molecule has 0 saturated carbocycles. The summed E-state index contributed by atoms with van der Waals surface area (Å²) in [6, 6.07) is 1.23. The van der Waals surface area contributed by atoms with Gasteiger partial charge in [-0.1, -0.05) is 0 Å². The zero-order chi connectivity index (χ0) is 9.14. The Hall–Kier alpha value is -1.36. The van der Waals surface area contributed by atoms with Crippen molar-refractivity contribution in [2.75, 3.05) is 6.61 Å². The lowest BCUT2D eigenvalue weighted by molar-refractivity contribution is 0.265. The van der Waals surface area contributed by atoms with Crippen LogP contribution in [0.2, 0.25) is 0 Å². The van der Waals surface area contributed by atoms with E-state index in [0.717, 1.165) is 4.68 Å². The molecule has 2 N–H and O–H groups in total. The van der Waals surface area contributed by atoms with Crippen LogP contribution in [-0.2, 0) is 6.54 Å². The van der Waals surface area contributed by atoms with Gasteiger partial charge in [0.25, 0.3) is 11.1 Å². The first kappa shape index (κ1) is 8.73. The number of aryl methyl sites for hydroxylation is 1. The summed E-state index contributed by atoms with van der Waals surface area (Å²) in [7, 11) is 0. The molecule has 0 aliphatic heterocycles. The maximum Gasteiger partial charge on any atom is 0.268 e. The fourth-order valence-corrected chi connectivity index (χ4v) is 0.945. The molecule has 66 valence electrons. The molecule has 0 unspecified atom stereocenters. The Kier molecular flexibility index (Phi) is 2.44. The fraction of sp³-hybridized carbons (Fsp3) is 0.429. The van der Waals surface area contributed by atoms with Crippen molar-refractivity contribution < 1.29 is 5.11 Å². The molecule has 1 heterocycles. The molecule has 0 amide bonds. The number of aliphatic hydroxyl groups is 1. The highest BCUT2D eigenvalue weighted by atomic mass is 16.3. The van der Waals surface area contributed by atoms with Gasteiger partial charge in [-0.25, -0.2) is 4.68 Å². The third-order valence-electron chi connectivity index (χ3n) is 1.50. The monoisotopic (exact) mass is 170 g/mol. The van der Waals surface area contributed by atoms with Gasteiger partial charge in [0, 0.05) is 11.6 Å². The molecule has 0 bridgehead atoms. The predicted octanol–water partition coefficient (Wildman–Crippen LogP) is -1.16. The first-order chi connectivity index (χ1) is 5.65. The zero-order valence-electron chi connectivity index (χ0n) is 6.70. The lowest BCUT2D eigenvalue weighted by atomic mass is 10.3. The number of aromatic amines is 1. The third kappa shape index (κ3) is 1.62. The van der Waals surface area contributed by atoms with Gasteiger partial charge in [0.2, 0.25) is 0 Å². The Morgan fingerprint density at radius 3 is 2.83 bits per heavy atom. The molecule has 5 heteroatoms. The van der Waals surface area contributed by atoms with Crippen molar-refractivity contribution in [2.24, 2.45) is 0 Å². The van der Waals surface area contributed by atoms with Gasteiger partial charge in [-0.15, -0.1) is 0 Å². The van der Waals surface area contributed by atoms with Crippen molar-refractivity contribution in [3.05, 3.63) is 32.3 Å². The highest BCUT2D eigenvalue weighted by Crippen LogP contribution is 1.79. The van der Waals surface area contributed by atoms with E-state index in [9.17, 15) is 9.59 Å². The summed E-state index contributed by atoms with van der Waals surface area (Å²) in [6.45, 7) is 1.51. The molecule has 0 spiro atoms. The van der Waals surface area contributed by atoms with E-state index in [1.807, 2.05) is 0 Å². The number of hydrogen-bond donors (Lipinski definition) is 2. The largest absolute Gasteiger partial charge is 0.394 e. The molecule has 0 fully saturated rings. The van der Waals surface area contributed by atoms with Crippen LogP contribution in [0.3, 0.4) is 0 Å². The molecule has 0 aliphatic carbocycles. The number of hydrogen-bond acceptors (Lipinski definition) is 3. The highest BCUT2D eigenvalue weighted by molar-refractivity contribution is 5.03. The highest BCUT2D eigenvalue weighted by Gasteiger charge is 1.99. The number of rotatable bonds is 2. The van der Waals surface area contributed by atoms with Gasteiger partial charge in [0.15, 0.2) is 0 Å². The van der Waals surface area contributed by atoms with Gasteiger partial charge >= 0.3 is 0 Å². The molecule has 1 rings (SSSR count). The molecule has 12 heavy (non-hydrogen) atoms. The van der Waals surface area contributed by atoms with Crippen molar-refractivity contribution in [1.29, 1.82) is 0 Å². The number of aromatic nitrogens is 2. The van der Waals surface area contributed by atoms with Gasteiger partial charge in [-0.3, -0.25) is 14.7 Å². The molecule has 0 radical (unpaired) electrons. The second-order valence-corrected chi connectivity index (χ2v) is 2.48. The molecule has 0 saturated heterocycles. The Bertz CT molecular complexity index is 377. The average molecular weight is 170 g/mol. The normalized spacial score (nSPS) is 10.2. The van der Waals surface area contributed by atoms with E-state index in [1.165, 1.54) is 6.07 Å². The number of aliphatic hydroxyl groups excluding tert-OH is 1. The maximum atomic E-state index is 11.2. The van der Waals surface area contributed by atoms with Crippen molar-refractivity contribution in [2.45, 2.75) is 13.5 Å². The molecule has 1 aromatic rings. The van der Waals surface area contributed by atoms with Crippen LogP contribution in [0.15, 0.2) is 15.7 Å². The maximum absolute atomic E-state index is 11.2. The summed E-state index contributed by atoms with van der Waals surface area (Å²) in [5, 5.41) is 10.9. The number of nitrogens with zero attached hydrogens (tertiary/aromatic N) is 1. The summed E-state index contributed by atoms with van der Waals surface area (Å²) in [6.07, 6.45) is 0. The summed E-state index contributed by atoms with van der Waals surface area (Å²) in [5.74, 6) is 0. The lowest BCUT2D eigenvalue weighted by Crippen LogP contribution is -2.31. The van der Waals surface area contributed by atoms with Crippen LogP contribution in [0, 0.1) is 6.92 Å². The first-order valence-electron chi connectivity index (χ1n) is 3.57. The molecular formula is C7H10N2O3. The van der Waals surface area contributed by atoms with Crippen molar-refractivity contribution in [3.8, 4) is 0 Å². The minimum Gasteiger partial charge on any atom is -0.394 e. The molecule has 0 aliphatic rings. The van der Waals surface area contributed by atoms with Crippen molar-refractivity contribution in [1.82, 2.24) is 9.78 Å². The molecule has 1 aromatic heterocycles. The molecule has 0 atom stereocenters. The second-order valence-electron chi connectivity index (χ2n) is 2.48. The average Bonchev–Trinajstić information content (AvgIpc) is 2.00. The minimum absolute atomic E-state index is 0.121. The Balaban J connectivity index is 3.28. The SMILES string of the molecule is Cc1cc(=O)[nH]n(CCO)c1=O. The van der Waals surface area contributed by atoms with Crippen molar-refractivity contribution >= 4 is 0 Å². The predicted molar refractivity (Wildman–Crippen MR) is 43.1 cm³/mol. The lowest BCUT2D eigenvalue weighted by Gasteiger charge is -2.02. The zero-order valence-corrected chi connectivity index (χ0v) is 6.70. The second kappa shape index (κ2) is 3.36. The minimum atomic E-state index is -0.333. The van der Waals surface area contributed by atoms with Crippen LogP contribution in [0.1, 0.15) is 5.56 Å². The summed E-state index contributed by atoms with van der Waals surface area (Å²) in [5.41, 5.74) is -0.226. The van der Waals surface area contributed by atoms with Crippen molar-refractivity contribution in [3.63, 3.8) is 0 Å². The quantitative estimate of drug-likeness (QED) is 0.587. The van der Waals surface area contributed by atoms with E-state index in [-0.39, 0.29) is 24.3 Å². The van der Waals surface area contributed by atoms with Crippen LogP contribution in [0.5, 0.6) is 0 Å². The fourth-order valence-electron chi connectivity index (χ4n) is 0.945. The summed E-state index contributed by atoms with van der Waals surface area (Å²) >= 11 is 0. The van der Waals surface area contributed by atoms with Gasteiger partial charge in [-0.2, -0.15) is 0 Å². The van der Waals surface area contributed by atoms with Crippen LogP contribution in [0.25, 0.3) is 0 Å². The van der Waals surface area contributed by atoms with E-state index >= 15 is 0 Å². The smallest absolute Gasteiger partial charge is 0.268 e. The third-order valence-corrected chi connectivity index (χ3v) is 1.50. The van der Waals surface area contributed by atoms with Gasteiger partial charge in [0.05, 0.1) is 13.2 Å². The van der Waals surface area contributed by atoms with Crippen LogP contribution in [-0.4, -0.2) is 21.5 Å². The number of H-pyrrole nitrogens is 1. The van der Waals surface area contributed by atoms with Gasteiger partial charge in [0.1, 0.15) is 0 Å². The summed E-state index contributed by atoms with van der Waals surface area (Å²) < 4.78 is 1.09. The van der Waals surface area contributed by atoms with E-state index < -0.39 is 0 Å². The summed E-state index contributed by atoms with van der Waals surface area (Å²) in [4.78, 5) is 22.0. The molecule has 5 nitrogen and oxygen atoms in total. The molecular weight excluding hydrogens is 160 g/mol. The Morgan fingerprint density at radius 1 is 1.58 bits per heavy atom. The van der Waals surface area contributed by atoms with Gasteiger partial charge in [-0.05, 0) is 6.92 Å². The Morgan fingerprint density at radius 2 is 2.25 bits per heavy atom. The van der Waals surface area contributed by atoms with Crippen LogP contribution < -0.4 is 11.1 Å². The van der Waals surface area contributed by atoms with Gasteiger partial charge < -0.3 is 5.11 Å². The van der Waals surface area contributed by atoms with Crippen LogP contribution >= 0.6 is 0 Å². The first-order valence-corrected chi connectivity index (χ1v) is 3.57. The van der Waals surface area contributed by atoms with E-state index in [4.69, 9.17) is 5.11 Å². The van der Waals surface area contributed by atoms with E-state index in [0.29, 0.717) is 5.56 Å². The Labute approximate surface area is 68.3 Å². The standard InChI is InChI=1S/C7H10N2O3/c1-5-4-6(11)8-9(2-3-10)7(5)12/h4,10H,2-3H2,1H3,(H,8,11).